The number of halogens is 1. The molecule has 0 fully saturated rings. The Kier molecular flexibility index (Phi) is 4.24. The van der Waals surface area contributed by atoms with E-state index in [2.05, 4.69) is 0 Å². The molecule has 4 heteroatoms. The minimum Gasteiger partial charge on any atom is -0.211 e. The molecule has 0 bridgehead atoms. The molecule has 0 unspecified atom stereocenters. The van der Waals surface area contributed by atoms with Crippen LogP contribution in [0, 0.1) is 0 Å². The van der Waals surface area contributed by atoms with E-state index in [0.29, 0.717) is 16.7 Å². The third-order valence-electron chi connectivity index (χ3n) is 3.91. The van der Waals surface area contributed by atoms with Gasteiger partial charge in [0.25, 0.3) is 9.05 Å². The summed E-state index contributed by atoms with van der Waals surface area (Å²) in [5.74, 6) is 0. The van der Waals surface area contributed by atoms with E-state index in [-0.39, 0.29) is 0 Å². The van der Waals surface area contributed by atoms with Gasteiger partial charge >= 0.3 is 0 Å². The van der Waals surface area contributed by atoms with E-state index in [0.717, 1.165) is 0 Å². The van der Waals surface area contributed by atoms with Crippen LogP contribution < -0.4 is 0 Å². The lowest BCUT2D eigenvalue weighted by Crippen LogP contribution is -2.35. The molecule has 0 aliphatic heterocycles. The van der Waals surface area contributed by atoms with Crippen LogP contribution in [0.4, 0.5) is 0 Å². The van der Waals surface area contributed by atoms with Gasteiger partial charge in [0, 0.05) is 10.7 Å². The van der Waals surface area contributed by atoms with Crippen LogP contribution in [0.25, 0.3) is 0 Å². The minimum atomic E-state index is -4.01. The van der Waals surface area contributed by atoms with Crippen LogP contribution in [-0.2, 0) is 13.8 Å². The molecule has 0 saturated carbocycles. The molecule has 0 amide bonds. The first-order chi connectivity index (χ1) is 11.1. The average Bonchev–Trinajstić information content (AvgIpc) is 2.57. The van der Waals surface area contributed by atoms with E-state index in [4.69, 9.17) is 10.7 Å². The van der Waals surface area contributed by atoms with Crippen molar-refractivity contribution in [3.05, 3.63) is 108 Å². The normalized spacial score (nSPS) is 12.0. The molecule has 2 nitrogen and oxygen atoms in total. The highest BCUT2D eigenvalue weighted by atomic mass is 35.7. The van der Waals surface area contributed by atoms with Crippen molar-refractivity contribution in [2.24, 2.45) is 0 Å². The van der Waals surface area contributed by atoms with Crippen molar-refractivity contribution in [2.75, 3.05) is 0 Å². The highest BCUT2D eigenvalue weighted by Gasteiger charge is 2.47. The molecule has 0 saturated heterocycles. The Bertz CT molecular complexity index is 780. The van der Waals surface area contributed by atoms with Crippen molar-refractivity contribution in [3.8, 4) is 0 Å². The summed E-state index contributed by atoms with van der Waals surface area (Å²) >= 11 is 0. The first kappa shape index (κ1) is 15.8. The van der Waals surface area contributed by atoms with Gasteiger partial charge in [-0.2, -0.15) is 0 Å². The molecule has 0 spiro atoms. The zero-order valence-corrected chi connectivity index (χ0v) is 13.8. The fourth-order valence-electron chi connectivity index (χ4n) is 2.94. The monoisotopic (exact) mass is 342 g/mol. The van der Waals surface area contributed by atoms with Gasteiger partial charge in [0.15, 0.2) is 4.75 Å². The standard InChI is InChI=1S/C19H15ClO2S/c20-23(21,22)19(16-10-4-1-5-11-16,17-12-6-2-7-13-17)18-14-8-3-9-15-18/h1-15H. The lowest BCUT2D eigenvalue weighted by Gasteiger charge is -2.32. The van der Waals surface area contributed by atoms with Crippen LogP contribution in [0.1, 0.15) is 16.7 Å². The molecule has 3 rings (SSSR count). The highest BCUT2D eigenvalue weighted by molar-refractivity contribution is 8.14. The molecular weight excluding hydrogens is 328 g/mol. The summed E-state index contributed by atoms with van der Waals surface area (Å²) in [6, 6.07) is 27.2. The summed E-state index contributed by atoms with van der Waals surface area (Å²) in [5.41, 5.74) is 1.85. The predicted octanol–water partition coefficient (Wildman–Crippen LogP) is 4.55. The fraction of sp³-hybridized carbons (Fsp3) is 0.0526. The topological polar surface area (TPSA) is 34.1 Å². The predicted molar refractivity (Wildman–Crippen MR) is 94.0 cm³/mol. The van der Waals surface area contributed by atoms with Crippen LogP contribution in [0.2, 0.25) is 0 Å². The molecule has 0 aliphatic rings. The number of benzene rings is 3. The van der Waals surface area contributed by atoms with Gasteiger partial charge in [-0.3, -0.25) is 0 Å². The van der Waals surface area contributed by atoms with Gasteiger partial charge in [-0.1, -0.05) is 91.0 Å². The Labute approximate surface area is 140 Å². The third-order valence-corrected chi connectivity index (χ3v) is 6.04. The summed E-state index contributed by atoms with van der Waals surface area (Å²) in [6.45, 7) is 0. The van der Waals surface area contributed by atoms with Crippen molar-refractivity contribution in [3.63, 3.8) is 0 Å². The van der Waals surface area contributed by atoms with E-state index < -0.39 is 13.8 Å². The molecular formula is C19H15ClO2S. The van der Waals surface area contributed by atoms with Crippen LogP contribution in [0.5, 0.6) is 0 Å². The van der Waals surface area contributed by atoms with Crippen molar-refractivity contribution in [1.82, 2.24) is 0 Å². The van der Waals surface area contributed by atoms with Gasteiger partial charge in [-0.15, -0.1) is 0 Å². The smallest absolute Gasteiger partial charge is 0.211 e. The SMILES string of the molecule is O=S(=O)(Cl)C(c1ccccc1)(c1ccccc1)c1ccccc1. The molecule has 0 N–H and O–H groups in total. The maximum absolute atomic E-state index is 12.8. The maximum atomic E-state index is 12.8. The van der Waals surface area contributed by atoms with Gasteiger partial charge in [0.1, 0.15) is 0 Å². The third kappa shape index (κ3) is 2.67. The average molecular weight is 343 g/mol. The molecule has 116 valence electrons. The zero-order chi connectivity index (χ0) is 16.3. The van der Waals surface area contributed by atoms with E-state index >= 15 is 0 Å². The van der Waals surface area contributed by atoms with Crippen LogP contribution >= 0.6 is 10.7 Å². The van der Waals surface area contributed by atoms with Crippen LogP contribution in [-0.4, -0.2) is 8.42 Å². The second-order valence-corrected chi connectivity index (χ2v) is 7.92. The van der Waals surface area contributed by atoms with Crippen molar-refractivity contribution >= 4 is 19.7 Å². The molecule has 3 aromatic rings. The second kappa shape index (κ2) is 6.19. The second-order valence-electron chi connectivity index (χ2n) is 5.22. The van der Waals surface area contributed by atoms with Crippen molar-refractivity contribution in [1.29, 1.82) is 0 Å². The summed E-state index contributed by atoms with van der Waals surface area (Å²) in [7, 11) is 2.02. The highest BCUT2D eigenvalue weighted by Crippen LogP contribution is 2.45. The summed E-state index contributed by atoms with van der Waals surface area (Å²) in [5, 5.41) is 0. The Hall–Kier alpha value is -2.10. The van der Waals surface area contributed by atoms with Crippen molar-refractivity contribution in [2.45, 2.75) is 4.75 Å². The molecule has 0 aromatic heterocycles. The van der Waals surface area contributed by atoms with Crippen LogP contribution in [0.3, 0.4) is 0 Å². The lowest BCUT2D eigenvalue weighted by atomic mass is 9.84. The van der Waals surface area contributed by atoms with E-state index in [9.17, 15) is 8.42 Å². The fourth-order valence-corrected chi connectivity index (χ4v) is 5.00. The number of hydrogen-bond acceptors (Lipinski definition) is 2. The first-order valence-corrected chi connectivity index (χ1v) is 9.48. The molecule has 0 heterocycles. The first-order valence-electron chi connectivity index (χ1n) is 7.17. The Morgan fingerprint density at radius 2 is 0.826 bits per heavy atom. The van der Waals surface area contributed by atoms with Crippen LogP contribution in [0.15, 0.2) is 91.0 Å². The Morgan fingerprint density at radius 3 is 1.04 bits per heavy atom. The van der Waals surface area contributed by atoms with E-state index in [1.54, 1.807) is 36.4 Å². The maximum Gasteiger partial charge on any atom is 0.250 e. The van der Waals surface area contributed by atoms with Gasteiger partial charge in [0.2, 0.25) is 0 Å². The van der Waals surface area contributed by atoms with E-state index in [1.165, 1.54) is 0 Å². The molecule has 23 heavy (non-hydrogen) atoms. The lowest BCUT2D eigenvalue weighted by molar-refractivity contribution is 0.587. The Morgan fingerprint density at radius 1 is 0.565 bits per heavy atom. The van der Waals surface area contributed by atoms with Crippen molar-refractivity contribution < 1.29 is 8.42 Å². The number of hydrogen-bond donors (Lipinski definition) is 0. The van der Waals surface area contributed by atoms with Gasteiger partial charge in [0.05, 0.1) is 0 Å². The van der Waals surface area contributed by atoms with Gasteiger partial charge in [-0.05, 0) is 16.7 Å². The zero-order valence-electron chi connectivity index (χ0n) is 12.3. The number of rotatable bonds is 4. The summed E-state index contributed by atoms with van der Waals surface area (Å²) in [4.78, 5) is 0. The Balaban J connectivity index is 2.46. The molecule has 0 atom stereocenters. The van der Waals surface area contributed by atoms with Gasteiger partial charge in [-0.25, -0.2) is 8.42 Å². The summed E-state index contributed by atoms with van der Waals surface area (Å²) in [6.07, 6.45) is 0. The quantitative estimate of drug-likeness (QED) is 0.515. The summed E-state index contributed by atoms with van der Waals surface area (Å²) < 4.78 is 24.2. The molecule has 0 aliphatic carbocycles. The molecule has 3 aromatic carbocycles. The molecule has 0 radical (unpaired) electrons. The van der Waals surface area contributed by atoms with E-state index in [1.807, 2.05) is 54.6 Å². The largest absolute Gasteiger partial charge is 0.250 e. The van der Waals surface area contributed by atoms with Gasteiger partial charge < -0.3 is 0 Å². The minimum absolute atomic E-state index is 0.618.